The Morgan fingerprint density at radius 3 is 1.54 bits per heavy atom. The number of aromatic nitrogens is 4. The van der Waals surface area contributed by atoms with Gasteiger partial charge in [-0.05, 0) is 135 Å². The summed E-state index contributed by atoms with van der Waals surface area (Å²) in [7, 11) is 0. The molecule has 0 spiro atoms. The van der Waals surface area contributed by atoms with Gasteiger partial charge in [0.05, 0.1) is 49.8 Å². The molecule has 2 aromatic heterocycles. The highest BCUT2D eigenvalue weighted by molar-refractivity contribution is 5.95. The predicted molar refractivity (Wildman–Crippen MR) is 272 cm³/mol. The van der Waals surface area contributed by atoms with E-state index in [2.05, 4.69) is 15.5 Å². The van der Waals surface area contributed by atoms with Gasteiger partial charge in [0.1, 0.15) is 13.1 Å². The molecule has 4 saturated heterocycles. The molecule has 17 nitrogen and oxygen atoms in total. The summed E-state index contributed by atoms with van der Waals surface area (Å²) in [6.07, 6.45) is -3.14. The minimum atomic E-state index is -4.38. The number of carboxylic acid groups (broad SMARTS) is 1. The van der Waals surface area contributed by atoms with Crippen molar-refractivity contribution in [2.24, 2.45) is 11.8 Å². The zero-order valence-electron chi connectivity index (χ0n) is 44.3. The van der Waals surface area contributed by atoms with Crippen LogP contribution < -0.4 is 5.32 Å². The Hall–Kier alpha value is -5.88. The molecule has 4 aromatic rings. The van der Waals surface area contributed by atoms with Crippen molar-refractivity contribution >= 4 is 23.7 Å². The molecule has 6 heterocycles. The molecule has 3 amide bonds. The number of rotatable bonds is 10. The highest BCUT2D eigenvalue weighted by Crippen LogP contribution is 2.58. The maximum Gasteiger partial charge on any atom is 0.416 e. The summed E-state index contributed by atoms with van der Waals surface area (Å²) in [4.78, 5) is 56.3. The number of carboxylic acids is 1. The fourth-order valence-corrected chi connectivity index (χ4v) is 13.0. The van der Waals surface area contributed by atoms with E-state index in [9.17, 15) is 55.7 Å². The van der Waals surface area contributed by atoms with Crippen LogP contribution in [0, 0.1) is 25.7 Å². The quantitative estimate of drug-likeness (QED) is 0.134. The van der Waals surface area contributed by atoms with Crippen molar-refractivity contribution in [2.45, 2.75) is 127 Å². The molecular formula is C56H68F6N8O9. The van der Waals surface area contributed by atoms with E-state index >= 15 is 0 Å². The molecule has 4 aliphatic heterocycles. The summed E-state index contributed by atoms with van der Waals surface area (Å²) in [6.45, 7) is 8.45. The molecule has 8 aliphatic rings. The zero-order chi connectivity index (χ0) is 56.1. The van der Waals surface area contributed by atoms with Crippen molar-refractivity contribution in [2.75, 3.05) is 78.8 Å². The van der Waals surface area contributed by atoms with Crippen molar-refractivity contribution in [1.29, 1.82) is 0 Å². The van der Waals surface area contributed by atoms with Crippen molar-refractivity contribution < 1.29 is 70.3 Å². The van der Waals surface area contributed by atoms with Crippen molar-refractivity contribution in [3.05, 3.63) is 104 Å². The third-order valence-electron chi connectivity index (χ3n) is 17.4. The minimum absolute atomic E-state index is 0.00229. The fourth-order valence-electron chi connectivity index (χ4n) is 13.0. The molecule has 0 bridgehead atoms. The summed E-state index contributed by atoms with van der Waals surface area (Å²) >= 11 is 0. The lowest BCUT2D eigenvalue weighted by Crippen LogP contribution is -2.47. The van der Waals surface area contributed by atoms with Crippen molar-refractivity contribution in [1.82, 2.24) is 39.6 Å². The Balaban J connectivity index is 0.000000158. The van der Waals surface area contributed by atoms with Gasteiger partial charge >= 0.3 is 18.3 Å². The second-order valence-electron chi connectivity index (χ2n) is 22.3. The van der Waals surface area contributed by atoms with Gasteiger partial charge in [0, 0.05) is 74.9 Å². The lowest BCUT2D eigenvalue weighted by Gasteiger charge is -2.33. The maximum atomic E-state index is 13.4. The van der Waals surface area contributed by atoms with E-state index < -0.39 is 35.6 Å². The molecule has 79 heavy (non-hydrogen) atoms. The van der Waals surface area contributed by atoms with Gasteiger partial charge in [0.25, 0.3) is 5.91 Å². The summed E-state index contributed by atoms with van der Waals surface area (Å²) in [5, 5.41) is 39.4. The van der Waals surface area contributed by atoms with E-state index in [1.165, 1.54) is 26.0 Å². The van der Waals surface area contributed by atoms with Gasteiger partial charge in [-0.2, -0.15) is 36.5 Å². The number of nitrogens with one attached hydrogen (secondary N) is 1. The summed E-state index contributed by atoms with van der Waals surface area (Å²) in [5.41, 5.74) is 4.82. The smallest absolute Gasteiger partial charge is 0.416 e. The number of carbonyl (C=O) groups excluding carboxylic acids is 3. The van der Waals surface area contributed by atoms with Crippen LogP contribution in [0.1, 0.15) is 139 Å². The van der Waals surface area contributed by atoms with E-state index in [0.29, 0.717) is 106 Å². The van der Waals surface area contributed by atoms with E-state index in [1.807, 2.05) is 0 Å². The van der Waals surface area contributed by atoms with Crippen LogP contribution in [0.2, 0.25) is 0 Å². The third-order valence-corrected chi connectivity index (χ3v) is 17.4. The Labute approximate surface area is 453 Å². The second-order valence-corrected chi connectivity index (χ2v) is 22.3. The Morgan fingerprint density at radius 1 is 0.646 bits per heavy atom. The molecule has 4 aliphatic carbocycles. The zero-order valence-corrected chi connectivity index (χ0v) is 44.3. The average Bonchev–Trinajstić information content (AvgIpc) is 4.26. The number of amides is 3. The lowest BCUT2D eigenvalue weighted by molar-refractivity contribution is -0.139. The summed E-state index contributed by atoms with van der Waals surface area (Å²) < 4.78 is 93.7. The molecule has 12 rings (SSSR count). The molecule has 428 valence electrons. The molecule has 4 N–H and O–H groups in total. The van der Waals surface area contributed by atoms with E-state index in [0.717, 1.165) is 80.0 Å². The van der Waals surface area contributed by atoms with Crippen molar-refractivity contribution in [3.8, 4) is 0 Å². The Kier molecular flexibility index (Phi) is 16.4. The number of likely N-dealkylation sites (tertiary alicyclic amines) is 2. The van der Waals surface area contributed by atoms with Crippen LogP contribution in [0.3, 0.4) is 0 Å². The lowest BCUT2D eigenvalue weighted by atomic mass is 9.85. The first-order chi connectivity index (χ1) is 37.7. The number of aromatic carboxylic acids is 1. The molecule has 23 heteroatoms. The third kappa shape index (κ3) is 12.0. The normalized spacial score (nSPS) is 24.6. The monoisotopic (exact) mass is 1110 g/mol. The standard InChI is InChI=1S/C28H33F3N4O4.C23H24F3N3O3.C5H11NO2/c1-16-20(3-2-4-22(16)28(29,30)31)17-5-7-33(8-6-17)24(37)14-35-23-12-18-11-21(18)25(23)26(32-35)27(38)34-9-10-39-19(13-34)15-36;1-12-15(3-2-4-17(12)23(24,25)26)13-5-7-28(8-6-13)19(30)11-29-18-10-14-9-16(14)20(18)21(27-29)22(31)32;7-4-5-3-6-1-2-8-5/h2-4,17-19,21,36H,5-15H2,1H3;2-4,13-14,16H,5-11H2,1H3,(H,31,32);5-7H,1-4H2/t18-,19-,21-;14-,16-;5-/m111/s1. The maximum absolute atomic E-state index is 13.4. The summed E-state index contributed by atoms with van der Waals surface area (Å²) in [5.74, 6) is 0.0644. The average molecular weight is 1110 g/mol. The van der Waals surface area contributed by atoms with E-state index in [-0.39, 0.29) is 84.7 Å². The first-order valence-electron chi connectivity index (χ1n) is 27.5. The number of aliphatic hydroxyl groups is 2. The number of halogens is 6. The number of hydrogen-bond acceptors (Lipinski definition) is 11. The van der Waals surface area contributed by atoms with Gasteiger partial charge in [-0.15, -0.1) is 0 Å². The van der Waals surface area contributed by atoms with Crippen LogP contribution >= 0.6 is 0 Å². The molecular weight excluding hydrogens is 1040 g/mol. The molecule has 6 fully saturated rings. The topological polar surface area (TPSA) is 205 Å². The number of aliphatic hydroxyl groups excluding tert-OH is 2. The number of nitrogens with zero attached hydrogens (tertiary/aromatic N) is 7. The van der Waals surface area contributed by atoms with Gasteiger partial charge in [0.2, 0.25) is 11.8 Å². The van der Waals surface area contributed by atoms with Crippen LogP contribution in [-0.4, -0.2) is 164 Å². The minimum Gasteiger partial charge on any atom is -0.476 e. The fraction of sp³-hybridized carbons (Fsp3) is 0.607. The summed E-state index contributed by atoms with van der Waals surface area (Å²) in [6, 6.07) is 8.65. The van der Waals surface area contributed by atoms with Crippen LogP contribution in [0.15, 0.2) is 36.4 Å². The molecule has 2 aromatic carbocycles. The van der Waals surface area contributed by atoms with E-state index in [1.54, 1.807) is 36.2 Å². The van der Waals surface area contributed by atoms with Gasteiger partial charge in [0.15, 0.2) is 11.4 Å². The number of morpholine rings is 2. The highest BCUT2D eigenvalue weighted by Gasteiger charge is 2.52. The van der Waals surface area contributed by atoms with Crippen LogP contribution in [0.5, 0.6) is 0 Å². The van der Waals surface area contributed by atoms with Gasteiger partial charge in [-0.3, -0.25) is 23.7 Å². The predicted octanol–water partition coefficient (Wildman–Crippen LogP) is 6.05. The number of benzene rings is 2. The second kappa shape index (κ2) is 22.9. The first kappa shape index (κ1) is 56.4. The number of ether oxygens (including phenoxy) is 2. The molecule has 0 unspecified atom stereocenters. The number of piperidine rings is 2. The number of fused-ring (bicyclic) bond motifs is 6. The Bertz CT molecular complexity index is 2920. The number of carbonyl (C=O) groups is 4. The number of hydrogen-bond donors (Lipinski definition) is 4. The van der Waals surface area contributed by atoms with Crippen LogP contribution in [0.4, 0.5) is 26.3 Å². The SMILES string of the molecule is Cc1c(C2CCN(C(=O)Cn3nc(C(=O)N4CCO[C@@H](CO)C4)c4c3C[C@H]3C[C@@H]43)CC2)cccc1C(F)(F)F.Cc1c(C2CCN(C(=O)Cn3nc(C(=O)O)c4c3C[C@H]3C[C@@H]43)CC2)cccc1C(F)(F)F.OC[C@H]1CNCCO1. The molecule has 0 radical (unpaired) electrons. The van der Waals surface area contributed by atoms with Gasteiger partial charge in [-0.1, -0.05) is 24.3 Å². The van der Waals surface area contributed by atoms with Gasteiger partial charge < -0.3 is 44.8 Å². The Morgan fingerprint density at radius 2 is 1.11 bits per heavy atom. The number of alkyl halides is 6. The van der Waals surface area contributed by atoms with Crippen LogP contribution in [0.25, 0.3) is 0 Å². The molecule has 2 saturated carbocycles. The molecule has 6 atom stereocenters. The van der Waals surface area contributed by atoms with Gasteiger partial charge in [-0.25, -0.2) is 4.79 Å². The largest absolute Gasteiger partial charge is 0.476 e. The van der Waals surface area contributed by atoms with Crippen LogP contribution in [-0.2, 0) is 57.3 Å². The first-order valence-corrected chi connectivity index (χ1v) is 27.5. The van der Waals surface area contributed by atoms with Crippen molar-refractivity contribution in [3.63, 3.8) is 0 Å². The highest BCUT2D eigenvalue weighted by atomic mass is 19.4. The van der Waals surface area contributed by atoms with E-state index in [4.69, 9.17) is 14.6 Å².